The minimum Gasteiger partial charge on any atom is -0.352 e. The molecule has 2 aromatic carbocycles. The standard InChI is InChI=1S/C23H30FN3O/c1-2-26-12-14-27(15-13-26)18-21-8-4-3-7-20(21)17-25-23(28)11-10-19-6-5-9-22(24)16-19/h3-9,16H,2,10-15,17-18H2,1H3,(H,25,28). The van der Waals surface area contributed by atoms with Crippen molar-refractivity contribution >= 4 is 5.91 Å². The molecule has 1 heterocycles. The van der Waals surface area contributed by atoms with Gasteiger partial charge >= 0.3 is 0 Å². The van der Waals surface area contributed by atoms with Crippen molar-refractivity contribution in [1.29, 1.82) is 0 Å². The summed E-state index contributed by atoms with van der Waals surface area (Å²) in [6, 6.07) is 14.8. The van der Waals surface area contributed by atoms with E-state index in [1.807, 2.05) is 12.1 Å². The average Bonchev–Trinajstić information content (AvgIpc) is 2.72. The van der Waals surface area contributed by atoms with Gasteiger partial charge in [-0.1, -0.05) is 43.3 Å². The Bertz CT molecular complexity index is 772. The summed E-state index contributed by atoms with van der Waals surface area (Å²) in [6.07, 6.45) is 0.914. The number of piperazine rings is 1. The predicted molar refractivity (Wildman–Crippen MR) is 110 cm³/mol. The van der Waals surface area contributed by atoms with E-state index in [-0.39, 0.29) is 11.7 Å². The van der Waals surface area contributed by atoms with E-state index in [2.05, 4.69) is 40.2 Å². The highest BCUT2D eigenvalue weighted by Crippen LogP contribution is 2.14. The molecule has 0 spiro atoms. The van der Waals surface area contributed by atoms with E-state index in [0.29, 0.717) is 19.4 Å². The van der Waals surface area contributed by atoms with Gasteiger partial charge in [-0.2, -0.15) is 0 Å². The van der Waals surface area contributed by atoms with Gasteiger partial charge in [0.15, 0.2) is 0 Å². The van der Waals surface area contributed by atoms with Crippen molar-refractivity contribution in [2.24, 2.45) is 0 Å². The number of hydrogen-bond acceptors (Lipinski definition) is 3. The third kappa shape index (κ3) is 6.14. The molecule has 1 amide bonds. The van der Waals surface area contributed by atoms with Crippen LogP contribution in [-0.2, 0) is 24.3 Å². The monoisotopic (exact) mass is 383 g/mol. The van der Waals surface area contributed by atoms with E-state index < -0.39 is 0 Å². The lowest BCUT2D eigenvalue weighted by atomic mass is 10.1. The lowest BCUT2D eigenvalue weighted by Gasteiger charge is -2.34. The molecule has 1 aliphatic rings. The largest absolute Gasteiger partial charge is 0.352 e. The van der Waals surface area contributed by atoms with Gasteiger partial charge in [0.2, 0.25) is 5.91 Å². The molecule has 3 rings (SSSR count). The van der Waals surface area contributed by atoms with E-state index in [9.17, 15) is 9.18 Å². The SMILES string of the molecule is CCN1CCN(Cc2ccccc2CNC(=O)CCc2cccc(F)c2)CC1. The van der Waals surface area contributed by atoms with Crippen LogP contribution in [0.4, 0.5) is 4.39 Å². The quantitative estimate of drug-likeness (QED) is 0.760. The van der Waals surface area contributed by atoms with E-state index in [4.69, 9.17) is 0 Å². The zero-order valence-electron chi connectivity index (χ0n) is 16.7. The Labute approximate surface area is 167 Å². The number of hydrogen-bond donors (Lipinski definition) is 1. The molecule has 1 aliphatic heterocycles. The summed E-state index contributed by atoms with van der Waals surface area (Å²) in [5.74, 6) is -0.262. The Balaban J connectivity index is 1.48. The molecule has 0 aromatic heterocycles. The number of aryl methyl sites for hydroxylation is 1. The zero-order chi connectivity index (χ0) is 19.8. The molecule has 1 fully saturated rings. The molecule has 28 heavy (non-hydrogen) atoms. The summed E-state index contributed by atoms with van der Waals surface area (Å²) in [7, 11) is 0. The maximum absolute atomic E-state index is 13.2. The first-order valence-corrected chi connectivity index (χ1v) is 10.2. The van der Waals surface area contributed by atoms with Crippen LogP contribution in [0.2, 0.25) is 0 Å². The fourth-order valence-electron chi connectivity index (χ4n) is 3.62. The van der Waals surface area contributed by atoms with E-state index in [0.717, 1.165) is 44.8 Å². The van der Waals surface area contributed by atoms with Gasteiger partial charge in [-0.05, 0) is 41.8 Å². The van der Waals surface area contributed by atoms with Gasteiger partial charge in [-0.3, -0.25) is 9.69 Å². The normalized spacial score (nSPS) is 15.5. The van der Waals surface area contributed by atoms with Crippen LogP contribution in [0.5, 0.6) is 0 Å². The lowest BCUT2D eigenvalue weighted by molar-refractivity contribution is -0.121. The molecule has 5 heteroatoms. The first-order chi connectivity index (χ1) is 13.6. The number of halogens is 1. The Morgan fingerprint density at radius 2 is 1.71 bits per heavy atom. The van der Waals surface area contributed by atoms with Gasteiger partial charge in [0, 0.05) is 45.7 Å². The molecule has 0 unspecified atom stereocenters. The van der Waals surface area contributed by atoms with Crippen molar-refractivity contribution in [3.05, 3.63) is 71.0 Å². The number of carbonyl (C=O) groups excluding carboxylic acids is 1. The molecule has 0 saturated carbocycles. The molecule has 0 radical (unpaired) electrons. The smallest absolute Gasteiger partial charge is 0.220 e. The number of nitrogens with one attached hydrogen (secondary N) is 1. The Hall–Kier alpha value is -2.24. The van der Waals surface area contributed by atoms with Crippen molar-refractivity contribution in [1.82, 2.24) is 15.1 Å². The van der Waals surface area contributed by atoms with Gasteiger partial charge in [0.25, 0.3) is 0 Å². The molecule has 150 valence electrons. The zero-order valence-corrected chi connectivity index (χ0v) is 16.7. The first kappa shape index (κ1) is 20.5. The summed E-state index contributed by atoms with van der Waals surface area (Å²) in [5.41, 5.74) is 3.29. The highest BCUT2D eigenvalue weighted by molar-refractivity contribution is 5.76. The van der Waals surface area contributed by atoms with Gasteiger partial charge in [0.1, 0.15) is 5.82 Å². The van der Waals surface area contributed by atoms with Crippen molar-refractivity contribution in [2.45, 2.75) is 32.9 Å². The second-order valence-corrected chi connectivity index (χ2v) is 7.39. The fraction of sp³-hybridized carbons (Fsp3) is 0.435. The van der Waals surface area contributed by atoms with E-state index in [1.54, 1.807) is 6.07 Å². The maximum Gasteiger partial charge on any atom is 0.220 e. The molecular weight excluding hydrogens is 353 g/mol. The number of carbonyl (C=O) groups is 1. The molecule has 1 N–H and O–H groups in total. The van der Waals surface area contributed by atoms with Gasteiger partial charge < -0.3 is 10.2 Å². The van der Waals surface area contributed by atoms with Crippen molar-refractivity contribution in [3.8, 4) is 0 Å². The van der Waals surface area contributed by atoms with Gasteiger partial charge in [0.05, 0.1) is 0 Å². The molecular formula is C23H30FN3O. The highest BCUT2D eigenvalue weighted by atomic mass is 19.1. The predicted octanol–water partition coefficient (Wildman–Crippen LogP) is 3.21. The molecule has 0 aliphatic carbocycles. The number of rotatable bonds is 8. The second kappa shape index (κ2) is 10.3. The second-order valence-electron chi connectivity index (χ2n) is 7.39. The van der Waals surface area contributed by atoms with Crippen LogP contribution in [0.3, 0.4) is 0 Å². The summed E-state index contributed by atoms with van der Waals surface area (Å²) >= 11 is 0. The maximum atomic E-state index is 13.2. The third-order valence-electron chi connectivity index (χ3n) is 5.43. The molecule has 4 nitrogen and oxygen atoms in total. The van der Waals surface area contributed by atoms with E-state index >= 15 is 0 Å². The Kier molecular flexibility index (Phi) is 7.57. The van der Waals surface area contributed by atoms with Crippen molar-refractivity contribution < 1.29 is 9.18 Å². The molecule has 0 atom stereocenters. The van der Waals surface area contributed by atoms with Crippen LogP contribution in [-0.4, -0.2) is 48.4 Å². The summed E-state index contributed by atoms with van der Waals surface area (Å²) in [6.45, 7) is 9.20. The van der Waals surface area contributed by atoms with Crippen molar-refractivity contribution in [2.75, 3.05) is 32.7 Å². The van der Waals surface area contributed by atoms with Crippen LogP contribution in [0.25, 0.3) is 0 Å². The minimum atomic E-state index is -0.258. The third-order valence-corrected chi connectivity index (χ3v) is 5.43. The van der Waals surface area contributed by atoms with Crippen LogP contribution >= 0.6 is 0 Å². The highest BCUT2D eigenvalue weighted by Gasteiger charge is 2.16. The van der Waals surface area contributed by atoms with Crippen molar-refractivity contribution in [3.63, 3.8) is 0 Å². The Morgan fingerprint density at radius 1 is 1.00 bits per heavy atom. The van der Waals surface area contributed by atoms with Crippen LogP contribution < -0.4 is 5.32 Å². The van der Waals surface area contributed by atoms with Crippen LogP contribution in [0.1, 0.15) is 30.0 Å². The molecule has 1 saturated heterocycles. The number of nitrogens with zero attached hydrogens (tertiary/aromatic N) is 2. The van der Waals surface area contributed by atoms with Crippen LogP contribution in [0, 0.1) is 5.82 Å². The number of amides is 1. The Morgan fingerprint density at radius 3 is 2.43 bits per heavy atom. The van der Waals surface area contributed by atoms with Gasteiger partial charge in [-0.15, -0.1) is 0 Å². The van der Waals surface area contributed by atoms with E-state index in [1.165, 1.54) is 23.3 Å². The average molecular weight is 384 g/mol. The summed E-state index contributed by atoms with van der Waals surface area (Å²) in [5, 5.41) is 3.02. The fourth-order valence-corrected chi connectivity index (χ4v) is 3.62. The number of benzene rings is 2. The molecule has 2 aromatic rings. The molecule has 0 bridgehead atoms. The summed E-state index contributed by atoms with van der Waals surface area (Å²) < 4.78 is 13.2. The minimum absolute atomic E-state index is 0.00405. The van der Waals surface area contributed by atoms with Gasteiger partial charge in [-0.25, -0.2) is 4.39 Å². The van der Waals surface area contributed by atoms with Crippen LogP contribution in [0.15, 0.2) is 48.5 Å². The number of likely N-dealkylation sites (N-methyl/N-ethyl adjacent to an activating group) is 1. The summed E-state index contributed by atoms with van der Waals surface area (Å²) in [4.78, 5) is 17.2. The first-order valence-electron chi connectivity index (χ1n) is 10.2. The lowest BCUT2D eigenvalue weighted by Crippen LogP contribution is -2.45. The topological polar surface area (TPSA) is 35.6 Å².